The summed E-state index contributed by atoms with van der Waals surface area (Å²) in [4.78, 5) is 4.51. The van der Waals surface area contributed by atoms with E-state index in [4.69, 9.17) is 5.73 Å². The zero-order valence-corrected chi connectivity index (χ0v) is 7.40. The molecule has 0 radical (unpaired) electrons. The van der Waals surface area contributed by atoms with Gasteiger partial charge in [0, 0.05) is 12.2 Å². The van der Waals surface area contributed by atoms with Crippen LogP contribution in [0.4, 0.5) is 0 Å². The fraction of sp³-hybridized carbons (Fsp3) is 0.111. The van der Waals surface area contributed by atoms with Crippen LogP contribution in [-0.4, -0.2) is 4.98 Å². The molecule has 2 aromatic rings. The Morgan fingerprint density at radius 2 is 2.25 bits per heavy atom. The van der Waals surface area contributed by atoms with Crippen LogP contribution in [0.2, 0.25) is 0 Å². The van der Waals surface area contributed by atoms with Crippen LogP contribution in [0.1, 0.15) is 5.69 Å². The SMILES string of the molecule is NCc1ccc(-c2cccs2)[nH]1. The molecule has 2 nitrogen and oxygen atoms in total. The summed E-state index contributed by atoms with van der Waals surface area (Å²) in [7, 11) is 0. The van der Waals surface area contributed by atoms with Gasteiger partial charge in [-0.1, -0.05) is 6.07 Å². The first kappa shape index (κ1) is 7.58. The number of nitrogens with one attached hydrogen (secondary N) is 1. The smallest absolute Gasteiger partial charge is 0.0557 e. The van der Waals surface area contributed by atoms with E-state index in [-0.39, 0.29) is 0 Å². The van der Waals surface area contributed by atoms with Crippen LogP contribution in [0.25, 0.3) is 10.6 Å². The molecule has 0 unspecified atom stereocenters. The maximum absolute atomic E-state index is 5.49. The van der Waals surface area contributed by atoms with Crippen LogP contribution in [0.15, 0.2) is 29.6 Å². The van der Waals surface area contributed by atoms with Crippen molar-refractivity contribution in [3.8, 4) is 10.6 Å². The first-order valence-electron chi connectivity index (χ1n) is 3.82. The highest BCUT2D eigenvalue weighted by Crippen LogP contribution is 2.23. The topological polar surface area (TPSA) is 41.8 Å². The molecule has 0 fully saturated rings. The average molecular weight is 178 g/mol. The zero-order valence-electron chi connectivity index (χ0n) is 6.58. The summed E-state index contributed by atoms with van der Waals surface area (Å²) in [5, 5.41) is 2.07. The lowest BCUT2D eigenvalue weighted by atomic mass is 10.3. The van der Waals surface area contributed by atoms with Crippen molar-refractivity contribution >= 4 is 11.3 Å². The van der Waals surface area contributed by atoms with Gasteiger partial charge in [0.15, 0.2) is 0 Å². The van der Waals surface area contributed by atoms with Crippen LogP contribution in [-0.2, 0) is 6.54 Å². The second-order valence-corrected chi connectivity index (χ2v) is 3.53. The third kappa shape index (κ3) is 1.29. The van der Waals surface area contributed by atoms with Gasteiger partial charge in [0.05, 0.1) is 10.6 Å². The monoisotopic (exact) mass is 178 g/mol. The molecule has 0 saturated heterocycles. The summed E-state index contributed by atoms with van der Waals surface area (Å²) in [5.41, 5.74) is 7.73. The predicted octanol–water partition coefficient (Wildman–Crippen LogP) is 2.20. The van der Waals surface area contributed by atoms with Gasteiger partial charge in [-0.25, -0.2) is 0 Å². The molecule has 0 atom stereocenters. The first-order chi connectivity index (χ1) is 5.90. The Morgan fingerprint density at radius 1 is 1.33 bits per heavy atom. The van der Waals surface area contributed by atoms with Crippen molar-refractivity contribution < 1.29 is 0 Å². The van der Waals surface area contributed by atoms with Crippen molar-refractivity contribution in [2.45, 2.75) is 6.54 Å². The van der Waals surface area contributed by atoms with Gasteiger partial charge in [-0.05, 0) is 23.6 Å². The number of H-pyrrole nitrogens is 1. The highest BCUT2D eigenvalue weighted by molar-refractivity contribution is 7.13. The minimum atomic E-state index is 0.575. The standard InChI is InChI=1S/C9H10N2S/c10-6-7-3-4-8(11-7)9-2-1-5-12-9/h1-5,11H,6,10H2. The van der Waals surface area contributed by atoms with Gasteiger partial charge in [0.25, 0.3) is 0 Å². The van der Waals surface area contributed by atoms with Crippen LogP contribution >= 0.6 is 11.3 Å². The van der Waals surface area contributed by atoms with Crippen molar-refractivity contribution in [3.63, 3.8) is 0 Å². The zero-order chi connectivity index (χ0) is 8.39. The van der Waals surface area contributed by atoms with E-state index in [0.717, 1.165) is 11.4 Å². The van der Waals surface area contributed by atoms with Gasteiger partial charge < -0.3 is 10.7 Å². The lowest BCUT2D eigenvalue weighted by Gasteiger charge is -1.91. The van der Waals surface area contributed by atoms with E-state index in [9.17, 15) is 0 Å². The van der Waals surface area contributed by atoms with Crippen LogP contribution in [0, 0.1) is 0 Å². The Balaban J connectivity index is 2.35. The van der Waals surface area contributed by atoms with E-state index >= 15 is 0 Å². The molecule has 0 aliphatic carbocycles. The maximum atomic E-state index is 5.49. The lowest BCUT2D eigenvalue weighted by Crippen LogP contribution is -1.95. The fourth-order valence-corrected chi connectivity index (χ4v) is 1.84. The molecule has 0 amide bonds. The van der Waals surface area contributed by atoms with Crippen LogP contribution < -0.4 is 5.73 Å². The number of nitrogens with two attached hydrogens (primary N) is 1. The average Bonchev–Trinajstić information content (AvgIpc) is 2.75. The third-order valence-electron chi connectivity index (χ3n) is 1.75. The van der Waals surface area contributed by atoms with Gasteiger partial charge in [0.2, 0.25) is 0 Å². The number of rotatable bonds is 2. The number of aromatic nitrogens is 1. The molecule has 12 heavy (non-hydrogen) atoms. The number of aromatic amines is 1. The van der Waals surface area contributed by atoms with E-state index < -0.39 is 0 Å². The summed E-state index contributed by atoms with van der Waals surface area (Å²) in [5.74, 6) is 0. The minimum absolute atomic E-state index is 0.575. The van der Waals surface area contributed by atoms with E-state index in [1.807, 2.05) is 12.1 Å². The molecule has 3 heteroatoms. The maximum Gasteiger partial charge on any atom is 0.0557 e. The molecule has 2 aromatic heterocycles. The number of hydrogen-bond acceptors (Lipinski definition) is 2. The number of thiophene rings is 1. The summed E-state index contributed by atoms with van der Waals surface area (Å²) >= 11 is 1.73. The number of hydrogen-bond donors (Lipinski definition) is 2. The summed E-state index contributed by atoms with van der Waals surface area (Å²) in [6.07, 6.45) is 0. The minimum Gasteiger partial charge on any atom is -0.357 e. The van der Waals surface area contributed by atoms with Gasteiger partial charge in [0.1, 0.15) is 0 Å². The van der Waals surface area contributed by atoms with E-state index in [1.54, 1.807) is 11.3 Å². The van der Waals surface area contributed by atoms with Crippen LogP contribution in [0.5, 0.6) is 0 Å². The molecule has 0 bridgehead atoms. The van der Waals surface area contributed by atoms with Crippen molar-refractivity contribution in [1.29, 1.82) is 0 Å². The summed E-state index contributed by atoms with van der Waals surface area (Å²) in [6, 6.07) is 8.23. The summed E-state index contributed by atoms with van der Waals surface area (Å²) in [6.45, 7) is 0.575. The molecular weight excluding hydrogens is 168 g/mol. The Labute approximate surface area is 75.0 Å². The van der Waals surface area contributed by atoms with Crippen molar-refractivity contribution in [2.75, 3.05) is 0 Å². The summed E-state index contributed by atoms with van der Waals surface area (Å²) < 4.78 is 0. The Kier molecular flexibility index (Phi) is 1.98. The van der Waals surface area contributed by atoms with Crippen molar-refractivity contribution in [3.05, 3.63) is 35.3 Å². The van der Waals surface area contributed by atoms with Crippen molar-refractivity contribution in [1.82, 2.24) is 4.98 Å². The second-order valence-electron chi connectivity index (χ2n) is 2.58. The van der Waals surface area contributed by atoms with Gasteiger partial charge in [-0.15, -0.1) is 11.3 Å². The Bertz CT molecular complexity index is 348. The first-order valence-corrected chi connectivity index (χ1v) is 4.70. The molecule has 62 valence electrons. The molecular formula is C9H10N2S. The Morgan fingerprint density at radius 3 is 2.83 bits per heavy atom. The Hall–Kier alpha value is -1.06. The largest absolute Gasteiger partial charge is 0.357 e. The van der Waals surface area contributed by atoms with E-state index in [1.165, 1.54) is 4.88 Å². The van der Waals surface area contributed by atoms with Crippen molar-refractivity contribution in [2.24, 2.45) is 5.73 Å². The second kappa shape index (κ2) is 3.13. The molecule has 0 saturated carbocycles. The molecule has 2 rings (SSSR count). The lowest BCUT2D eigenvalue weighted by molar-refractivity contribution is 1.01. The van der Waals surface area contributed by atoms with E-state index in [0.29, 0.717) is 6.54 Å². The van der Waals surface area contributed by atoms with E-state index in [2.05, 4.69) is 22.5 Å². The molecule has 3 N–H and O–H groups in total. The predicted molar refractivity (Wildman–Crippen MR) is 52.0 cm³/mol. The third-order valence-corrected chi connectivity index (χ3v) is 2.66. The van der Waals surface area contributed by atoms with Gasteiger partial charge in [-0.3, -0.25) is 0 Å². The quantitative estimate of drug-likeness (QED) is 0.727. The molecule has 0 spiro atoms. The molecule has 2 heterocycles. The van der Waals surface area contributed by atoms with Crippen LogP contribution in [0.3, 0.4) is 0 Å². The highest BCUT2D eigenvalue weighted by atomic mass is 32.1. The van der Waals surface area contributed by atoms with Gasteiger partial charge >= 0.3 is 0 Å². The normalized spacial score (nSPS) is 10.4. The van der Waals surface area contributed by atoms with Gasteiger partial charge in [-0.2, -0.15) is 0 Å². The molecule has 0 aromatic carbocycles. The molecule has 0 aliphatic heterocycles. The molecule has 0 aliphatic rings. The highest BCUT2D eigenvalue weighted by Gasteiger charge is 2.00. The fourth-order valence-electron chi connectivity index (χ4n) is 1.13.